The first-order valence-electron chi connectivity index (χ1n) is 13.2. The maximum absolute atomic E-state index is 5.76. The SMILES string of the molecule is Cc1csc2nc(Cc3cnn(CC4COCCO4)c3)nc(NC3CCC(N4CCOCC4)CC3)c12. The van der Waals surface area contributed by atoms with Crippen molar-refractivity contribution < 1.29 is 14.2 Å². The van der Waals surface area contributed by atoms with Crippen LogP contribution in [0.1, 0.15) is 42.6 Å². The third-order valence-electron chi connectivity index (χ3n) is 7.59. The van der Waals surface area contributed by atoms with E-state index in [0.717, 1.165) is 48.3 Å². The second kappa shape index (κ2) is 11.1. The van der Waals surface area contributed by atoms with Gasteiger partial charge in [0.1, 0.15) is 22.6 Å². The van der Waals surface area contributed by atoms with Gasteiger partial charge in [0.05, 0.1) is 51.2 Å². The van der Waals surface area contributed by atoms with Crippen LogP contribution in [0.5, 0.6) is 0 Å². The molecule has 9 nitrogen and oxygen atoms in total. The van der Waals surface area contributed by atoms with Gasteiger partial charge in [-0.15, -0.1) is 11.3 Å². The standard InChI is InChI=1S/C26H36N6O3S/c1-18-17-36-26-24(18)25(28-20-2-4-21(5-3-20)31-6-8-33-9-7-31)29-23(30-26)12-19-13-27-32(14-19)15-22-16-34-10-11-35-22/h13-14,17,20-22H,2-12,15-16H2,1H3,(H,28,29,30). The van der Waals surface area contributed by atoms with E-state index in [0.29, 0.717) is 44.9 Å². The van der Waals surface area contributed by atoms with Crippen molar-refractivity contribution in [2.24, 2.45) is 0 Å². The molecule has 1 N–H and O–H groups in total. The lowest BCUT2D eigenvalue weighted by Gasteiger charge is -2.39. The van der Waals surface area contributed by atoms with Crippen LogP contribution >= 0.6 is 11.3 Å². The molecule has 36 heavy (non-hydrogen) atoms. The molecular weight excluding hydrogens is 476 g/mol. The average molecular weight is 513 g/mol. The van der Waals surface area contributed by atoms with Crippen molar-refractivity contribution in [1.82, 2.24) is 24.6 Å². The van der Waals surface area contributed by atoms with Gasteiger partial charge in [-0.05, 0) is 49.1 Å². The van der Waals surface area contributed by atoms with Crippen LogP contribution in [0.3, 0.4) is 0 Å². The molecule has 0 aromatic carbocycles. The maximum atomic E-state index is 5.76. The monoisotopic (exact) mass is 512 g/mol. The fourth-order valence-electron chi connectivity index (χ4n) is 5.66. The van der Waals surface area contributed by atoms with Crippen molar-refractivity contribution in [3.05, 3.63) is 34.7 Å². The number of aromatic nitrogens is 4. The van der Waals surface area contributed by atoms with Crippen LogP contribution in [0.25, 0.3) is 10.2 Å². The molecule has 1 aliphatic carbocycles. The Morgan fingerprint density at radius 3 is 2.72 bits per heavy atom. The van der Waals surface area contributed by atoms with Crippen molar-refractivity contribution in [2.45, 2.75) is 63.8 Å². The maximum Gasteiger partial charge on any atom is 0.139 e. The Morgan fingerprint density at radius 1 is 1.06 bits per heavy atom. The highest BCUT2D eigenvalue weighted by Gasteiger charge is 2.28. The van der Waals surface area contributed by atoms with Gasteiger partial charge in [0, 0.05) is 37.8 Å². The van der Waals surface area contributed by atoms with Gasteiger partial charge >= 0.3 is 0 Å². The summed E-state index contributed by atoms with van der Waals surface area (Å²) in [5.74, 6) is 1.83. The van der Waals surface area contributed by atoms with E-state index in [-0.39, 0.29) is 6.10 Å². The summed E-state index contributed by atoms with van der Waals surface area (Å²) < 4.78 is 18.8. The highest BCUT2D eigenvalue weighted by Crippen LogP contribution is 2.32. The minimum Gasteiger partial charge on any atom is -0.379 e. The van der Waals surface area contributed by atoms with E-state index in [4.69, 9.17) is 24.2 Å². The van der Waals surface area contributed by atoms with Crippen LogP contribution in [-0.4, -0.2) is 89.0 Å². The van der Waals surface area contributed by atoms with E-state index >= 15 is 0 Å². The Morgan fingerprint density at radius 2 is 1.92 bits per heavy atom. The normalized spacial score (nSPS) is 25.9. The average Bonchev–Trinajstić information content (AvgIpc) is 3.51. The molecule has 1 saturated carbocycles. The van der Waals surface area contributed by atoms with Crippen LogP contribution in [0.15, 0.2) is 17.8 Å². The zero-order chi connectivity index (χ0) is 24.3. The summed E-state index contributed by atoms with van der Waals surface area (Å²) in [4.78, 5) is 13.6. The molecule has 5 heterocycles. The van der Waals surface area contributed by atoms with Gasteiger partial charge in [0.2, 0.25) is 0 Å². The van der Waals surface area contributed by atoms with Crippen molar-refractivity contribution in [2.75, 3.05) is 51.4 Å². The Balaban J connectivity index is 1.13. The van der Waals surface area contributed by atoms with Crippen LogP contribution in [0.2, 0.25) is 0 Å². The van der Waals surface area contributed by atoms with E-state index in [1.807, 2.05) is 10.9 Å². The van der Waals surface area contributed by atoms with Gasteiger partial charge < -0.3 is 19.5 Å². The van der Waals surface area contributed by atoms with Crippen molar-refractivity contribution in [1.29, 1.82) is 0 Å². The van der Waals surface area contributed by atoms with E-state index in [1.54, 1.807) is 11.3 Å². The fraction of sp³-hybridized carbons (Fsp3) is 0.654. The molecule has 1 unspecified atom stereocenters. The molecule has 194 valence electrons. The second-order valence-corrected chi connectivity index (χ2v) is 11.1. The number of ether oxygens (including phenoxy) is 3. The predicted molar refractivity (Wildman–Crippen MR) is 140 cm³/mol. The number of hydrogen-bond acceptors (Lipinski definition) is 9. The third-order valence-corrected chi connectivity index (χ3v) is 8.58. The highest BCUT2D eigenvalue weighted by atomic mass is 32.1. The second-order valence-electron chi connectivity index (χ2n) is 10.2. The molecular formula is C26H36N6O3S. The summed E-state index contributed by atoms with van der Waals surface area (Å²) in [6.45, 7) is 8.70. The smallest absolute Gasteiger partial charge is 0.139 e. The van der Waals surface area contributed by atoms with E-state index < -0.39 is 0 Å². The van der Waals surface area contributed by atoms with Gasteiger partial charge in [0.15, 0.2) is 0 Å². The Labute approximate surface area is 216 Å². The molecule has 3 aliphatic rings. The zero-order valence-corrected chi connectivity index (χ0v) is 21.8. The number of anilines is 1. The van der Waals surface area contributed by atoms with Crippen LogP contribution in [0.4, 0.5) is 5.82 Å². The minimum atomic E-state index is 0.0577. The van der Waals surface area contributed by atoms with E-state index in [1.165, 1.54) is 36.6 Å². The molecule has 3 fully saturated rings. The van der Waals surface area contributed by atoms with Crippen LogP contribution in [0, 0.1) is 6.92 Å². The molecule has 3 aromatic heterocycles. The predicted octanol–water partition coefficient (Wildman–Crippen LogP) is 3.26. The fourth-order valence-corrected chi connectivity index (χ4v) is 6.60. The van der Waals surface area contributed by atoms with Gasteiger partial charge in [-0.3, -0.25) is 9.58 Å². The van der Waals surface area contributed by atoms with Gasteiger partial charge in [-0.1, -0.05) is 0 Å². The number of nitrogens with one attached hydrogen (secondary N) is 1. The molecule has 2 saturated heterocycles. The summed E-state index contributed by atoms with van der Waals surface area (Å²) >= 11 is 1.70. The number of morpholine rings is 1. The first-order chi connectivity index (χ1) is 17.7. The summed E-state index contributed by atoms with van der Waals surface area (Å²) in [6, 6.07) is 1.14. The number of aryl methyl sites for hydroxylation is 1. The number of thiophene rings is 1. The summed E-state index contributed by atoms with van der Waals surface area (Å²) in [5.41, 5.74) is 2.35. The number of rotatable bonds is 7. The quantitative estimate of drug-likeness (QED) is 0.516. The lowest BCUT2D eigenvalue weighted by molar-refractivity contribution is -0.0946. The van der Waals surface area contributed by atoms with Gasteiger partial charge in [0.25, 0.3) is 0 Å². The summed E-state index contributed by atoms with van der Waals surface area (Å²) in [7, 11) is 0. The largest absolute Gasteiger partial charge is 0.379 e. The van der Waals surface area contributed by atoms with Gasteiger partial charge in [-0.2, -0.15) is 5.10 Å². The molecule has 1 atom stereocenters. The van der Waals surface area contributed by atoms with Crippen molar-refractivity contribution >= 4 is 27.4 Å². The van der Waals surface area contributed by atoms with E-state index in [2.05, 4.69) is 33.8 Å². The Kier molecular flexibility index (Phi) is 7.47. The molecule has 0 amide bonds. The molecule has 10 heteroatoms. The third kappa shape index (κ3) is 5.57. The number of nitrogens with zero attached hydrogens (tertiary/aromatic N) is 5. The molecule has 0 radical (unpaired) electrons. The number of hydrogen-bond donors (Lipinski definition) is 1. The van der Waals surface area contributed by atoms with Crippen molar-refractivity contribution in [3.63, 3.8) is 0 Å². The number of fused-ring (bicyclic) bond motifs is 1. The van der Waals surface area contributed by atoms with Crippen LogP contribution < -0.4 is 5.32 Å². The zero-order valence-electron chi connectivity index (χ0n) is 21.0. The Hall–Kier alpha value is -2.11. The van der Waals surface area contributed by atoms with Crippen LogP contribution in [-0.2, 0) is 27.2 Å². The lowest BCUT2D eigenvalue weighted by atomic mass is 9.90. The minimum absolute atomic E-state index is 0.0577. The molecule has 2 aliphatic heterocycles. The highest BCUT2D eigenvalue weighted by molar-refractivity contribution is 7.17. The topological polar surface area (TPSA) is 86.6 Å². The van der Waals surface area contributed by atoms with E-state index in [9.17, 15) is 0 Å². The molecule has 6 rings (SSSR count). The van der Waals surface area contributed by atoms with Gasteiger partial charge in [-0.25, -0.2) is 9.97 Å². The Bertz CT molecular complexity index is 1150. The summed E-state index contributed by atoms with van der Waals surface area (Å²) in [6.07, 6.45) is 9.52. The first kappa shape index (κ1) is 24.2. The van der Waals surface area contributed by atoms with Crippen molar-refractivity contribution in [3.8, 4) is 0 Å². The first-order valence-corrected chi connectivity index (χ1v) is 14.1. The molecule has 0 bridgehead atoms. The summed E-state index contributed by atoms with van der Waals surface area (Å²) in [5, 5.41) is 11.7. The molecule has 0 spiro atoms. The lowest BCUT2D eigenvalue weighted by Crippen LogP contribution is -2.46. The molecule has 3 aromatic rings.